The molecule has 0 spiro atoms. The quantitative estimate of drug-likeness (QED) is 0.326. The second-order valence-corrected chi connectivity index (χ2v) is 5.76. The van der Waals surface area contributed by atoms with Crippen LogP contribution >= 0.6 is 45.8 Å². The molecule has 4 rings (SSSR count). The molecule has 0 aliphatic carbocycles. The third kappa shape index (κ3) is 2.94. The summed E-state index contributed by atoms with van der Waals surface area (Å²) in [6.45, 7) is 0. The number of fused-ring (bicyclic) bond motifs is 2. The lowest BCUT2D eigenvalue weighted by molar-refractivity contribution is 1.09. The fourth-order valence-electron chi connectivity index (χ4n) is 1.72. The zero-order chi connectivity index (χ0) is 14.8. The highest BCUT2D eigenvalue weighted by Gasteiger charge is 2.05. The zero-order valence-corrected chi connectivity index (χ0v) is 14.0. The first-order valence-corrected chi connectivity index (χ1v) is 7.58. The monoisotopic (exact) mass is 432 g/mol. The van der Waals surface area contributed by atoms with E-state index in [4.69, 9.17) is 23.2 Å². The van der Waals surface area contributed by atoms with Crippen LogP contribution in [0.2, 0.25) is 10.3 Å². The Labute approximate surface area is 142 Å². The summed E-state index contributed by atoms with van der Waals surface area (Å²) in [7, 11) is 0. The maximum atomic E-state index is 5.83. The van der Waals surface area contributed by atoms with E-state index in [1.54, 1.807) is 18.6 Å². The maximum absolute atomic E-state index is 5.83. The second-order valence-electron chi connectivity index (χ2n) is 3.97. The molecule has 21 heavy (non-hydrogen) atoms. The van der Waals surface area contributed by atoms with Gasteiger partial charge in [-0.15, -0.1) is 0 Å². The van der Waals surface area contributed by atoms with Crippen LogP contribution in [-0.2, 0) is 0 Å². The lowest BCUT2D eigenvalue weighted by Gasteiger charge is -1.89. The molecule has 4 aromatic rings. The molecule has 0 amide bonds. The molecule has 0 aliphatic rings. The molecule has 0 fully saturated rings. The van der Waals surface area contributed by atoms with Gasteiger partial charge >= 0.3 is 0 Å². The van der Waals surface area contributed by atoms with Crippen molar-refractivity contribution in [3.05, 3.63) is 44.7 Å². The molecule has 0 unspecified atom stereocenters. The third-order valence-corrected chi connectivity index (χ3v) is 4.07. The summed E-state index contributed by atoms with van der Waals surface area (Å²) in [5.74, 6) is 0. The molecule has 0 aromatic carbocycles. The number of aromatic nitrogens is 6. The van der Waals surface area contributed by atoms with Crippen LogP contribution in [0, 0.1) is 3.70 Å². The Balaban J connectivity index is 0.000000126. The van der Waals surface area contributed by atoms with Crippen molar-refractivity contribution >= 4 is 67.6 Å². The first-order chi connectivity index (χ1) is 10.2. The smallest absolute Gasteiger partial charge is 0.141 e. The Morgan fingerprint density at radius 3 is 2.52 bits per heavy atom. The van der Waals surface area contributed by atoms with E-state index in [0.29, 0.717) is 10.3 Å². The van der Waals surface area contributed by atoms with Gasteiger partial charge in [-0.1, -0.05) is 23.2 Å². The van der Waals surface area contributed by atoms with E-state index in [1.165, 1.54) is 0 Å². The summed E-state index contributed by atoms with van der Waals surface area (Å²) in [5, 5.41) is 16.2. The van der Waals surface area contributed by atoms with Gasteiger partial charge in [0.15, 0.2) is 0 Å². The molecule has 4 aromatic heterocycles. The first kappa shape index (κ1) is 14.5. The number of pyridine rings is 2. The standard InChI is InChI=1S/C6H3ClIN3.C6H4ClN3/c7-5-4-3(1-2-9-5)10-11-6(4)8;7-6-4-3-9-10-5(4)1-2-8-6/h1-2H,(H,10,11);1-3H,(H,9,10). The van der Waals surface area contributed by atoms with Gasteiger partial charge in [0.05, 0.1) is 28.0 Å². The predicted octanol–water partition coefficient (Wildman–Crippen LogP) is 3.83. The molecule has 0 saturated heterocycles. The van der Waals surface area contributed by atoms with E-state index in [9.17, 15) is 0 Å². The van der Waals surface area contributed by atoms with Crippen LogP contribution in [0.3, 0.4) is 0 Å². The summed E-state index contributed by atoms with van der Waals surface area (Å²) >= 11 is 13.7. The average Bonchev–Trinajstić information content (AvgIpc) is 3.08. The molecule has 0 bridgehead atoms. The van der Waals surface area contributed by atoms with Gasteiger partial charge in [0.25, 0.3) is 0 Å². The third-order valence-electron chi connectivity index (χ3n) is 2.70. The number of hydrogen-bond donors (Lipinski definition) is 2. The highest BCUT2D eigenvalue weighted by atomic mass is 127. The summed E-state index contributed by atoms with van der Waals surface area (Å²) in [6.07, 6.45) is 4.94. The SMILES string of the molecule is Clc1nccc2[nH]ncc12.Clc1nccc2n[nH]c(I)c12. The molecule has 2 N–H and O–H groups in total. The van der Waals surface area contributed by atoms with Crippen LogP contribution in [0.25, 0.3) is 21.8 Å². The van der Waals surface area contributed by atoms with Gasteiger partial charge in [-0.2, -0.15) is 10.2 Å². The summed E-state index contributed by atoms with van der Waals surface area (Å²) in [4.78, 5) is 7.83. The predicted molar refractivity (Wildman–Crippen MR) is 90.5 cm³/mol. The van der Waals surface area contributed by atoms with Gasteiger partial charge in [0.2, 0.25) is 0 Å². The molecular formula is C12H7Cl2IN6. The topological polar surface area (TPSA) is 83.1 Å². The number of rotatable bonds is 0. The maximum Gasteiger partial charge on any atom is 0.141 e. The number of halogens is 3. The molecule has 4 heterocycles. The van der Waals surface area contributed by atoms with Crippen LogP contribution in [0.1, 0.15) is 0 Å². The van der Waals surface area contributed by atoms with E-state index in [-0.39, 0.29) is 0 Å². The van der Waals surface area contributed by atoms with Crippen molar-refractivity contribution in [1.82, 2.24) is 30.4 Å². The first-order valence-electron chi connectivity index (χ1n) is 5.74. The van der Waals surface area contributed by atoms with E-state index in [1.807, 2.05) is 12.1 Å². The summed E-state index contributed by atoms with van der Waals surface area (Å²) in [6, 6.07) is 3.65. The minimum Gasteiger partial charge on any atom is -0.278 e. The lowest BCUT2D eigenvalue weighted by Crippen LogP contribution is -1.75. The zero-order valence-electron chi connectivity index (χ0n) is 10.3. The van der Waals surface area contributed by atoms with E-state index >= 15 is 0 Å². The average molecular weight is 433 g/mol. The molecule has 0 saturated carbocycles. The number of H-pyrrole nitrogens is 2. The van der Waals surface area contributed by atoms with Crippen molar-refractivity contribution in [3.8, 4) is 0 Å². The van der Waals surface area contributed by atoms with Gasteiger partial charge < -0.3 is 0 Å². The van der Waals surface area contributed by atoms with Crippen molar-refractivity contribution in [2.45, 2.75) is 0 Å². The minimum absolute atomic E-state index is 0.492. The number of nitrogens with one attached hydrogen (secondary N) is 2. The van der Waals surface area contributed by atoms with Crippen molar-refractivity contribution in [1.29, 1.82) is 0 Å². The summed E-state index contributed by atoms with van der Waals surface area (Å²) < 4.78 is 0.927. The Morgan fingerprint density at radius 1 is 1.00 bits per heavy atom. The van der Waals surface area contributed by atoms with Crippen molar-refractivity contribution in [2.75, 3.05) is 0 Å². The molecule has 9 heteroatoms. The molecule has 0 radical (unpaired) electrons. The fourth-order valence-corrected chi connectivity index (χ4v) is 2.99. The molecule has 0 aliphatic heterocycles. The normalized spacial score (nSPS) is 10.6. The number of hydrogen-bond acceptors (Lipinski definition) is 4. The Morgan fingerprint density at radius 2 is 1.76 bits per heavy atom. The van der Waals surface area contributed by atoms with E-state index < -0.39 is 0 Å². The second kappa shape index (κ2) is 6.12. The fraction of sp³-hybridized carbons (Fsp3) is 0. The largest absolute Gasteiger partial charge is 0.278 e. The Bertz CT molecular complexity index is 903. The van der Waals surface area contributed by atoms with Crippen LogP contribution in [0.4, 0.5) is 0 Å². The van der Waals surface area contributed by atoms with Crippen LogP contribution in [-0.4, -0.2) is 30.4 Å². The van der Waals surface area contributed by atoms with Crippen LogP contribution in [0.15, 0.2) is 30.7 Å². The van der Waals surface area contributed by atoms with Gasteiger partial charge in [0, 0.05) is 12.4 Å². The van der Waals surface area contributed by atoms with Crippen molar-refractivity contribution in [3.63, 3.8) is 0 Å². The van der Waals surface area contributed by atoms with E-state index in [0.717, 1.165) is 25.5 Å². The highest BCUT2D eigenvalue weighted by Crippen LogP contribution is 2.23. The van der Waals surface area contributed by atoms with Gasteiger partial charge in [-0.05, 0) is 34.7 Å². The highest BCUT2D eigenvalue weighted by molar-refractivity contribution is 14.1. The minimum atomic E-state index is 0.492. The Hall–Kier alpha value is -1.45. The van der Waals surface area contributed by atoms with Gasteiger partial charge in [0.1, 0.15) is 14.0 Å². The molecular weight excluding hydrogens is 426 g/mol. The van der Waals surface area contributed by atoms with E-state index in [2.05, 4.69) is 53.0 Å². The van der Waals surface area contributed by atoms with Crippen molar-refractivity contribution in [2.24, 2.45) is 0 Å². The van der Waals surface area contributed by atoms with Gasteiger partial charge in [-0.3, -0.25) is 10.2 Å². The molecule has 106 valence electrons. The Kier molecular flexibility index (Phi) is 4.22. The number of aromatic amines is 2. The molecule has 0 atom stereocenters. The number of nitrogens with zero attached hydrogens (tertiary/aromatic N) is 4. The summed E-state index contributed by atoms with van der Waals surface area (Å²) in [5.41, 5.74) is 1.77. The van der Waals surface area contributed by atoms with Crippen LogP contribution < -0.4 is 0 Å². The lowest BCUT2D eigenvalue weighted by atomic mass is 10.3. The van der Waals surface area contributed by atoms with Crippen LogP contribution in [0.5, 0.6) is 0 Å². The molecule has 6 nitrogen and oxygen atoms in total. The van der Waals surface area contributed by atoms with Gasteiger partial charge in [-0.25, -0.2) is 9.97 Å². The van der Waals surface area contributed by atoms with Crippen molar-refractivity contribution < 1.29 is 0 Å².